The van der Waals surface area contributed by atoms with Crippen molar-refractivity contribution in [3.8, 4) is 0 Å². The van der Waals surface area contributed by atoms with Crippen molar-refractivity contribution in [2.45, 2.75) is 18.9 Å². The molecule has 6 heteroatoms. The lowest BCUT2D eigenvalue weighted by atomic mass is 10.1. The SMILES string of the molecule is CN1CCCC(N(C)c2ncc(C(=O)O)s2)C1. The molecular formula is C11H17N3O2S. The Morgan fingerprint density at radius 2 is 2.47 bits per heavy atom. The second kappa shape index (κ2) is 5.01. The molecule has 0 aromatic carbocycles. The van der Waals surface area contributed by atoms with Gasteiger partial charge in [0.15, 0.2) is 5.13 Å². The maximum Gasteiger partial charge on any atom is 0.347 e. The van der Waals surface area contributed by atoms with Gasteiger partial charge in [0, 0.05) is 19.6 Å². The molecule has 1 aliphatic rings. The van der Waals surface area contributed by atoms with Crippen molar-refractivity contribution < 1.29 is 9.90 Å². The van der Waals surface area contributed by atoms with Gasteiger partial charge in [0.1, 0.15) is 4.88 Å². The number of nitrogens with zero attached hydrogens (tertiary/aromatic N) is 3. The van der Waals surface area contributed by atoms with Crippen LogP contribution in [0.4, 0.5) is 5.13 Å². The van der Waals surface area contributed by atoms with Crippen molar-refractivity contribution in [2.24, 2.45) is 0 Å². The molecule has 0 radical (unpaired) electrons. The standard InChI is InChI=1S/C11H17N3O2S/c1-13-5-3-4-8(7-13)14(2)11-12-6-9(17-11)10(15)16/h6,8H,3-5,7H2,1-2H3,(H,15,16). The Balaban J connectivity index is 2.07. The Kier molecular flexibility index (Phi) is 3.63. The number of carboxylic acids is 1. The van der Waals surface area contributed by atoms with E-state index in [0.717, 1.165) is 24.6 Å². The summed E-state index contributed by atoms with van der Waals surface area (Å²) in [6.07, 6.45) is 3.76. The molecule has 0 bridgehead atoms. The first-order valence-electron chi connectivity index (χ1n) is 5.68. The number of hydrogen-bond acceptors (Lipinski definition) is 5. The van der Waals surface area contributed by atoms with Crippen LogP contribution < -0.4 is 4.90 Å². The number of aromatic nitrogens is 1. The normalized spacial score (nSPS) is 21.4. The molecule has 0 spiro atoms. The summed E-state index contributed by atoms with van der Waals surface area (Å²) in [5.74, 6) is -0.900. The molecule has 0 amide bonds. The van der Waals surface area contributed by atoms with Crippen LogP contribution in [0.1, 0.15) is 22.5 Å². The van der Waals surface area contributed by atoms with Crippen LogP contribution in [0.15, 0.2) is 6.20 Å². The molecule has 94 valence electrons. The summed E-state index contributed by atoms with van der Waals surface area (Å²) in [6.45, 7) is 2.15. The molecule has 1 N–H and O–H groups in total. The molecule has 17 heavy (non-hydrogen) atoms. The minimum Gasteiger partial charge on any atom is -0.477 e. The summed E-state index contributed by atoms with van der Waals surface area (Å²) >= 11 is 1.24. The van der Waals surface area contributed by atoms with Gasteiger partial charge in [-0.25, -0.2) is 9.78 Å². The lowest BCUT2D eigenvalue weighted by Gasteiger charge is -2.35. The summed E-state index contributed by atoms with van der Waals surface area (Å²) in [4.78, 5) is 19.7. The van der Waals surface area contributed by atoms with Crippen LogP contribution in [0.3, 0.4) is 0 Å². The summed E-state index contributed by atoms with van der Waals surface area (Å²) in [5.41, 5.74) is 0. The molecule has 5 nitrogen and oxygen atoms in total. The fraction of sp³-hybridized carbons (Fsp3) is 0.636. The average Bonchev–Trinajstić information content (AvgIpc) is 2.77. The Morgan fingerprint density at radius 3 is 3.06 bits per heavy atom. The van der Waals surface area contributed by atoms with Gasteiger partial charge in [-0.15, -0.1) is 0 Å². The Bertz CT molecular complexity index is 407. The third-order valence-electron chi connectivity index (χ3n) is 3.15. The highest BCUT2D eigenvalue weighted by molar-refractivity contribution is 7.17. The summed E-state index contributed by atoms with van der Waals surface area (Å²) < 4.78 is 0. The van der Waals surface area contributed by atoms with Gasteiger partial charge in [-0.1, -0.05) is 11.3 Å². The molecule has 0 aliphatic carbocycles. The van der Waals surface area contributed by atoms with E-state index in [1.807, 2.05) is 7.05 Å². The highest BCUT2D eigenvalue weighted by atomic mass is 32.1. The second-order valence-corrected chi connectivity index (χ2v) is 5.49. The number of thiazole rings is 1. The quantitative estimate of drug-likeness (QED) is 0.884. The molecular weight excluding hydrogens is 238 g/mol. The molecule has 0 saturated carbocycles. The van der Waals surface area contributed by atoms with Crippen LogP contribution in [0.5, 0.6) is 0 Å². The predicted molar refractivity (Wildman–Crippen MR) is 68.0 cm³/mol. The highest BCUT2D eigenvalue weighted by Gasteiger charge is 2.23. The molecule has 1 atom stereocenters. The van der Waals surface area contributed by atoms with E-state index < -0.39 is 5.97 Å². The number of piperidine rings is 1. The van der Waals surface area contributed by atoms with Crippen molar-refractivity contribution in [1.82, 2.24) is 9.88 Å². The number of carboxylic acid groups (broad SMARTS) is 1. The highest BCUT2D eigenvalue weighted by Crippen LogP contribution is 2.25. The lowest BCUT2D eigenvalue weighted by molar-refractivity contribution is 0.0702. The summed E-state index contributed by atoms with van der Waals surface area (Å²) in [6, 6.07) is 0.432. The first-order valence-corrected chi connectivity index (χ1v) is 6.50. The molecule has 1 fully saturated rings. The maximum absolute atomic E-state index is 10.8. The number of aromatic carboxylic acids is 1. The number of anilines is 1. The summed E-state index contributed by atoms with van der Waals surface area (Å²) in [7, 11) is 4.11. The van der Waals surface area contributed by atoms with Gasteiger partial charge >= 0.3 is 5.97 Å². The fourth-order valence-electron chi connectivity index (χ4n) is 2.14. The zero-order chi connectivity index (χ0) is 12.4. The second-order valence-electron chi connectivity index (χ2n) is 4.48. The molecule has 1 aromatic heterocycles. The van der Waals surface area contributed by atoms with E-state index in [1.165, 1.54) is 24.0 Å². The van der Waals surface area contributed by atoms with E-state index in [4.69, 9.17) is 5.11 Å². The van der Waals surface area contributed by atoms with Crippen molar-refractivity contribution in [3.63, 3.8) is 0 Å². The van der Waals surface area contributed by atoms with Crippen LogP contribution in [0, 0.1) is 0 Å². The van der Waals surface area contributed by atoms with E-state index in [0.29, 0.717) is 10.9 Å². The molecule has 1 aromatic rings. The van der Waals surface area contributed by atoms with Crippen LogP contribution in [0.25, 0.3) is 0 Å². The number of likely N-dealkylation sites (N-methyl/N-ethyl adjacent to an activating group) is 2. The molecule has 1 unspecified atom stereocenters. The molecule has 1 aliphatic heterocycles. The Labute approximate surface area is 105 Å². The minimum absolute atomic E-state index is 0.302. The molecule has 1 saturated heterocycles. The van der Waals surface area contributed by atoms with Gasteiger partial charge in [-0.05, 0) is 26.4 Å². The van der Waals surface area contributed by atoms with Crippen LogP contribution >= 0.6 is 11.3 Å². The largest absolute Gasteiger partial charge is 0.477 e. The van der Waals surface area contributed by atoms with Gasteiger partial charge in [-0.3, -0.25) is 0 Å². The van der Waals surface area contributed by atoms with E-state index in [2.05, 4.69) is 21.8 Å². The van der Waals surface area contributed by atoms with Crippen molar-refractivity contribution >= 4 is 22.4 Å². The average molecular weight is 255 g/mol. The third-order valence-corrected chi connectivity index (χ3v) is 4.23. The zero-order valence-corrected chi connectivity index (χ0v) is 10.9. The third kappa shape index (κ3) is 2.76. The maximum atomic E-state index is 10.8. The van der Waals surface area contributed by atoms with Crippen LogP contribution in [0.2, 0.25) is 0 Å². The van der Waals surface area contributed by atoms with E-state index >= 15 is 0 Å². The first-order chi connectivity index (χ1) is 8.08. The lowest BCUT2D eigenvalue weighted by Crippen LogP contribution is -2.45. The first kappa shape index (κ1) is 12.3. The topological polar surface area (TPSA) is 56.7 Å². The van der Waals surface area contributed by atoms with Crippen molar-refractivity contribution in [1.29, 1.82) is 0 Å². The minimum atomic E-state index is -0.900. The van der Waals surface area contributed by atoms with Gasteiger partial charge < -0.3 is 14.9 Å². The van der Waals surface area contributed by atoms with E-state index in [1.54, 1.807) is 0 Å². The Hall–Kier alpha value is -1.14. The zero-order valence-electron chi connectivity index (χ0n) is 10.1. The predicted octanol–water partition coefficient (Wildman–Crippen LogP) is 1.37. The number of carbonyl (C=O) groups is 1. The van der Waals surface area contributed by atoms with Crippen LogP contribution in [-0.2, 0) is 0 Å². The van der Waals surface area contributed by atoms with Gasteiger partial charge in [-0.2, -0.15) is 0 Å². The number of rotatable bonds is 3. The van der Waals surface area contributed by atoms with Gasteiger partial charge in [0.05, 0.1) is 6.20 Å². The van der Waals surface area contributed by atoms with E-state index in [-0.39, 0.29) is 0 Å². The number of likely N-dealkylation sites (tertiary alicyclic amines) is 1. The molecule has 2 heterocycles. The van der Waals surface area contributed by atoms with Crippen LogP contribution in [-0.4, -0.2) is 54.2 Å². The summed E-state index contributed by atoms with van der Waals surface area (Å²) in [5, 5.41) is 9.67. The van der Waals surface area contributed by atoms with E-state index in [9.17, 15) is 4.79 Å². The molecule has 2 rings (SSSR count). The van der Waals surface area contributed by atoms with Gasteiger partial charge in [0.2, 0.25) is 0 Å². The monoisotopic (exact) mass is 255 g/mol. The van der Waals surface area contributed by atoms with Crippen molar-refractivity contribution in [2.75, 3.05) is 32.1 Å². The fourth-order valence-corrected chi connectivity index (χ4v) is 2.93. The number of hydrogen-bond donors (Lipinski definition) is 1. The Morgan fingerprint density at radius 1 is 1.71 bits per heavy atom. The van der Waals surface area contributed by atoms with Crippen molar-refractivity contribution in [3.05, 3.63) is 11.1 Å². The van der Waals surface area contributed by atoms with Gasteiger partial charge in [0.25, 0.3) is 0 Å². The smallest absolute Gasteiger partial charge is 0.347 e.